The summed E-state index contributed by atoms with van der Waals surface area (Å²) in [5.74, 6) is -0.0532. The Labute approximate surface area is 178 Å². The maximum Gasteiger partial charge on any atom is 0.258 e. The van der Waals surface area contributed by atoms with Crippen LogP contribution in [0.3, 0.4) is 0 Å². The zero-order valence-electron chi connectivity index (χ0n) is 17.2. The van der Waals surface area contributed by atoms with Gasteiger partial charge in [0.15, 0.2) is 0 Å². The lowest BCUT2D eigenvalue weighted by atomic mass is 10.1. The number of carbonyl (C=O) groups excluding carboxylic acids is 1. The zero-order chi connectivity index (χ0) is 21.5. The number of hydrogen-bond donors (Lipinski definition) is 1. The molecule has 0 unspecified atom stereocenters. The molecule has 1 N–H and O–H groups in total. The summed E-state index contributed by atoms with van der Waals surface area (Å²) in [6.07, 6.45) is 4.34. The maximum atomic E-state index is 12.9. The highest BCUT2D eigenvalue weighted by Gasteiger charge is 2.22. The monoisotopic (exact) mass is 414 g/mol. The van der Waals surface area contributed by atoms with Crippen LogP contribution in [0.1, 0.15) is 23.2 Å². The van der Waals surface area contributed by atoms with Crippen molar-refractivity contribution in [2.24, 2.45) is 7.05 Å². The molecule has 1 fully saturated rings. The van der Waals surface area contributed by atoms with E-state index in [1.165, 1.54) is 0 Å². The highest BCUT2D eigenvalue weighted by molar-refractivity contribution is 5.97. The number of aryl methyl sites for hydroxylation is 1. The van der Waals surface area contributed by atoms with Crippen molar-refractivity contribution in [1.29, 1.82) is 0 Å². The van der Waals surface area contributed by atoms with E-state index < -0.39 is 0 Å². The van der Waals surface area contributed by atoms with Gasteiger partial charge < -0.3 is 14.6 Å². The molecule has 1 saturated heterocycles. The Balaban J connectivity index is 1.51. The summed E-state index contributed by atoms with van der Waals surface area (Å²) in [7, 11) is 1.73. The van der Waals surface area contributed by atoms with Gasteiger partial charge in [-0.2, -0.15) is 0 Å². The molecule has 7 nitrogen and oxygen atoms in total. The van der Waals surface area contributed by atoms with E-state index in [0.29, 0.717) is 53.6 Å². The second kappa shape index (κ2) is 7.59. The SMILES string of the molecule is Cn1ccc2cc(-c3cnc4ccc(C(=O)N5CCC(O)CC5)cc4n3)ccc2c1=O. The van der Waals surface area contributed by atoms with E-state index in [2.05, 4.69) is 4.98 Å². The molecule has 7 heteroatoms. The van der Waals surface area contributed by atoms with Crippen LogP contribution in [-0.4, -0.2) is 49.6 Å². The van der Waals surface area contributed by atoms with Gasteiger partial charge in [-0.3, -0.25) is 14.6 Å². The van der Waals surface area contributed by atoms with Gasteiger partial charge in [0.25, 0.3) is 11.5 Å². The first-order chi connectivity index (χ1) is 15.0. The number of aliphatic hydroxyl groups excluding tert-OH is 1. The molecule has 31 heavy (non-hydrogen) atoms. The molecule has 4 aromatic rings. The first-order valence-electron chi connectivity index (χ1n) is 10.3. The molecule has 0 atom stereocenters. The molecule has 0 bridgehead atoms. The van der Waals surface area contributed by atoms with E-state index >= 15 is 0 Å². The van der Waals surface area contributed by atoms with E-state index in [4.69, 9.17) is 4.98 Å². The number of benzene rings is 2. The van der Waals surface area contributed by atoms with Crippen LogP contribution in [0.15, 0.2) is 59.7 Å². The number of nitrogens with zero attached hydrogens (tertiary/aromatic N) is 4. The van der Waals surface area contributed by atoms with Crippen LogP contribution in [0.2, 0.25) is 0 Å². The first kappa shape index (κ1) is 19.4. The molecule has 1 amide bonds. The number of rotatable bonds is 2. The molecule has 1 aliphatic heterocycles. The molecule has 5 rings (SSSR count). The smallest absolute Gasteiger partial charge is 0.258 e. The van der Waals surface area contributed by atoms with Crippen LogP contribution >= 0.6 is 0 Å². The number of carbonyl (C=O) groups is 1. The Kier molecular flexibility index (Phi) is 4.75. The van der Waals surface area contributed by atoms with Crippen LogP contribution in [0.25, 0.3) is 33.1 Å². The van der Waals surface area contributed by atoms with Gasteiger partial charge in [-0.1, -0.05) is 6.07 Å². The summed E-state index contributed by atoms with van der Waals surface area (Å²) >= 11 is 0. The van der Waals surface area contributed by atoms with E-state index in [1.54, 1.807) is 41.0 Å². The van der Waals surface area contributed by atoms with Gasteiger partial charge in [0.05, 0.1) is 29.0 Å². The molecular formula is C24H22N4O3. The number of aliphatic hydroxyl groups is 1. The van der Waals surface area contributed by atoms with Gasteiger partial charge in [-0.15, -0.1) is 0 Å². The molecule has 0 radical (unpaired) electrons. The van der Waals surface area contributed by atoms with Crippen LogP contribution in [0.5, 0.6) is 0 Å². The predicted octanol–water partition coefficient (Wildman–Crippen LogP) is 2.75. The minimum Gasteiger partial charge on any atom is -0.393 e. The predicted molar refractivity (Wildman–Crippen MR) is 119 cm³/mol. The fourth-order valence-electron chi connectivity index (χ4n) is 4.04. The summed E-state index contributed by atoms with van der Waals surface area (Å²) in [5.41, 5.74) is 3.42. The van der Waals surface area contributed by atoms with Crippen molar-refractivity contribution >= 4 is 27.7 Å². The Hall–Kier alpha value is -3.58. The standard InChI is InChI=1S/C24H22N4O3/c1-27-9-6-15-12-16(2-4-19(15)24(27)31)22-14-25-20-5-3-17(13-21(20)26-22)23(30)28-10-7-18(29)8-11-28/h2-6,9,12-14,18,29H,7-8,10-11H2,1H3. The summed E-state index contributed by atoms with van der Waals surface area (Å²) in [6.45, 7) is 1.11. The Morgan fingerprint density at radius 1 is 1.06 bits per heavy atom. The van der Waals surface area contributed by atoms with Crippen LogP contribution in [-0.2, 0) is 7.05 Å². The lowest BCUT2D eigenvalue weighted by molar-refractivity contribution is 0.0546. The maximum absolute atomic E-state index is 12.9. The minimum absolute atomic E-state index is 0.0398. The second-order valence-electron chi connectivity index (χ2n) is 8.02. The third-order valence-electron chi connectivity index (χ3n) is 5.92. The number of hydrogen-bond acceptors (Lipinski definition) is 5. The highest BCUT2D eigenvalue weighted by atomic mass is 16.3. The highest BCUT2D eigenvalue weighted by Crippen LogP contribution is 2.24. The minimum atomic E-state index is -0.323. The lowest BCUT2D eigenvalue weighted by Gasteiger charge is -2.29. The number of piperidine rings is 1. The first-order valence-corrected chi connectivity index (χ1v) is 10.3. The van der Waals surface area contributed by atoms with Crippen LogP contribution in [0.4, 0.5) is 0 Å². The molecular weight excluding hydrogens is 392 g/mol. The quantitative estimate of drug-likeness (QED) is 0.545. The van der Waals surface area contributed by atoms with Crippen molar-refractivity contribution in [3.05, 3.63) is 70.8 Å². The van der Waals surface area contributed by atoms with Crippen molar-refractivity contribution in [3.63, 3.8) is 0 Å². The van der Waals surface area contributed by atoms with E-state index in [1.807, 2.05) is 30.3 Å². The van der Waals surface area contributed by atoms with Gasteiger partial charge in [-0.05, 0) is 54.6 Å². The van der Waals surface area contributed by atoms with Gasteiger partial charge in [0.1, 0.15) is 0 Å². The van der Waals surface area contributed by atoms with Crippen molar-refractivity contribution in [1.82, 2.24) is 19.4 Å². The van der Waals surface area contributed by atoms with Crippen molar-refractivity contribution in [3.8, 4) is 11.3 Å². The Bertz CT molecular complexity index is 1370. The Morgan fingerprint density at radius 2 is 1.87 bits per heavy atom. The zero-order valence-corrected chi connectivity index (χ0v) is 17.2. The van der Waals surface area contributed by atoms with E-state index in [9.17, 15) is 14.7 Å². The lowest BCUT2D eigenvalue weighted by Crippen LogP contribution is -2.40. The van der Waals surface area contributed by atoms with Crippen molar-refractivity contribution < 1.29 is 9.90 Å². The molecule has 0 saturated carbocycles. The fraction of sp³-hybridized carbons (Fsp3) is 0.250. The fourth-order valence-corrected chi connectivity index (χ4v) is 4.04. The average Bonchev–Trinajstić information content (AvgIpc) is 2.80. The van der Waals surface area contributed by atoms with Gasteiger partial charge in [-0.25, -0.2) is 4.98 Å². The average molecular weight is 414 g/mol. The topological polar surface area (TPSA) is 88.3 Å². The third kappa shape index (κ3) is 3.57. The van der Waals surface area contributed by atoms with E-state index in [0.717, 1.165) is 10.9 Å². The third-order valence-corrected chi connectivity index (χ3v) is 5.92. The van der Waals surface area contributed by atoms with Crippen molar-refractivity contribution in [2.45, 2.75) is 18.9 Å². The molecule has 156 valence electrons. The normalized spacial score (nSPS) is 15.0. The Morgan fingerprint density at radius 3 is 2.68 bits per heavy atom. The molecule has 2 aromatic carbocycles. The van der Waals surface area contributed by atoms with Crippen molar-refractivity contribution in [2.75, 3.05) is 13.1 Å². The summed E-state index contributed by atoms with van der Waals surface area (Å²) < 4.78 is 1.55. The molecule has 0 aliphatic carbocycles. The largest absolute Gasteiger partial charge is 0.393 e. The van der Waals surface area contributed by atoms with Gasteiger partial charge in [0, 0.05) is 42.8 Å². The van der Waals surface area contributed by atoms with Gasteiger partial charge in [0.2, 0.25) is 0 Å². The summed E-state index contributed by atoms with van der Waals surface area (Å²) in [4.78, 5) is 36.2. The van der Waals surface area contributed by atoms with E-state index in [-0.39, 0.29) is 17.6 Å². The number of likely N-dealkylation sites (tertiary alicyclic amines) is 1. The summed E-state index contributed by atoms with van der Waals surface area (Å²) in [5, 5.41) is 11.2. The van der Waals surface area contributed by atoms with Crippen LogP contribution in [0, 0.1) is 0 Å². The molecule has 3 heterocycles. The molecule has 1 aliphatic rings. The summed E-state index contributed by atoms with van der Waals surface area (Å²) in [6, 6.07) is 12.9. The molecule has 2 aromatic heterocycles. The number of pyridine rings is 1. The molecule has 0 spiro atoms. The second-order valence-corrected chi connectivity index (χ2v) is 8.02. The number of amides is 1. The number of fused-ring (bicyclic) bond motifs is 2. The van der Waals surface area contributed by atoms with Crippen LogP contribution < -0.4 is 5.56 Å². The van der Waals surface area contributed by atoms with Gasteiger partial charge >= 0.3 is 0 Å². The number of aromatic nitrogens is 3.